The summed E-state index contributed by atoms with van der Waals surface area (Å²) in [6, 6.07) is 12.6. The Labute approximate surface area is 204 Å². The lowest BCUT2D eigenvalue weighted by Gasteiger charge is -2.32. The average Bonchev–Trinajstić information content (AvgIpc) is 3.19. The van der Waals surface area contributed by atoms with Gasteiger partial charge in [-0.2, -0.15) is 13.2 Å². The molecule has 4 N–H and O–H groups in total. The predicted molar refractivity (Wildman–Crippen MR) is 125 cm³/mol. The third-order valence-corrected chi connectivity index (χ3v) is 7.40. The molecule has 0 bridgehead atoms. The molecule has 2 aromatic rings. The largest absolute Gasteiger partial charge is 0.416 e. The van der Waals surface area contributed by atoms with Gasteiger partial charge in [-0.25, -0.2) is 0 Å². The van der Waals surface area contributed by atoms with Gasteiger partial charge in [0.2, 0.25) is 11.8 Å². The van der Waals surface area contributed by atoms with Crippen molar-refractivity contribution in [1.29, 1.82) is 0 Å². The second kappa shape index (κ2) is 10.7. The number of carbonyl (C=O) groups is 3. The Hall–Kier alpha value is -3.05. The quantitative estimate of drug-likeness (QED) is 0.506. The lowest BCUT2D eigenvalue weighted by atomic mass is 9.96. The van der Waals surface area contributed by atoms with Crippen LogP contribution < -0.4 is 11.1 Å². The molecule has 0 radical (unpaired) electrons. The number of primary amides is 1. The van der Waals surface area contributed by atoms with E-state index in [0.29, 0.717) is 6.42 Å². The molecule has 11 heteroatoms. The molecule has 0 saturated carbocycles. The zero-order valence-corrected chi connectivity index (χ0v) is 19.7. The molecule has 1 aliphatic heterocycles. The van der Waals surface area contributed by atoms with Gasteiger partial charge in [-0.1, -0.05) is 48.5 Å². The Bertz CT molecular complexity index is 1080. The van der Waals surface area contributed by atoms with Crippen molar-refractivity contribution in [2.45, 2.75) is 49.4 Å². The number of benzene rings is 2. The van der Waals surface area contributed by atoms with E-state index in [2.05, 4.69) is 5.32 Å². The highest BCUT2D eigenvalue weighted by Crippen LogP contribution is 2.40. The monoisotopic (exact) mass is 509 g/mol. The van der Waals surface area contributed by atoms with E-state index in [-0.39, 0.29) is 17.9 Å². The highest BCUT2D eigenvalue weighted by Gasteiger charge is 2.55. The maximum atomic E-state index is 13.3. The van der Waals surface area contributed by atoms with Crippen LogP contribution in [-0.2, 0) is 33.5 Å². The van der Waals surface area contributed by atoms with Gasteiger partial charge in [-0.15, -0.1) is 11.8 Å². The number of aryl methyl sites for hydroxylation is 1. The lowest BCUT2D eigenvalue weighted by Crippen LogP contribution is -2.59. The maximum absolute atomic E-state index is 13.3. The zero-order valence-electron chi connectivity index (χ0n) is 18.9. The standard InChI is InChI=1S/C24H26F3N3O4S/c1-23(22(28)34)19(20(32)29-13-16-9-5-6-10-17(16)24(25,26)27)30(14-35-23)21(33)18(31)12-11-15-7-3-2-4-8-15/h2-10,18-19,31H,11-14H2,1H3,(H2,28,34)(H,29,32). The molecule has 3 unspecified atom stereocenters. The second-order valence-corrected chi connectivity index (χ2v) is 9.76. The van der Waals surface area contributed by atoms with Crippen LogP contribution in [0, 0.1) is 0 Å². The first-order valence-corrected chi connectivity index (χ1v) is 11.8. The topological polar surface area (TPSA) is 113 Å². The third-order valence-electron chi connectivity index (χ3n) is 5.97. The van der Waals surface area contributed by atoms with E-state index < -0.39 is 52.9 Å². The van der Waals surface area contributed by atoms with Crippen molar-refractivity contribution >= 4 is 29.5 Å². The Morgan fingerprint density at radius 3 is 2.43 bits per heavy atom. The van der Waals surface area contributed by atoms with E-state index in [1.165, 1.54) is 25.1 Å². The minimum atomic E-state index is -4.61. The molecule has 3 atom stereocenters. The van der Waals surface area contributed by atoms with Crippen molar-refractivity contribution in [3.05, 3.63) is 71.3 Å². The fourth-order valence-electron chi connectivity index (χ4n) is 3.94. The number of carbonyl (C=O) groups excluding carboxylic acids is 3. The van der Waals surface area contributed by atoms with Crippen molar-refractivity contribution in [3.8, 4) is 0 Å². The molecule has 1 aliphatic rings. The summed E-state index contributed by atoms with van der Waals surface area (Å²) < 4.78 is 38.4. The number of aliphatic hydroxyl groups excluding tert-OH is 1. The summed E-state index contributed by atoms with van der Waals surface area (Å²) in [5.41, 5.74) is 5.38. The van der Waals surface area contributed by atoms with E-state index in [9.17, 15) is 32.7 Å². The normalized spacial score (nSPS) is 20.9. The van der Waals surface area contributed by atoms with Crippen LogP contribution in [0.4, 0.5) is 13.2 Å². The summed E-state index contributed by atoms with van der Waals surface area (Å²) in [7, 11) is 0. The minimum Gasteiger partial charge on any atom is -0.383 e. The van der Waals surface area contributed by atoms with Crippen molar-refractivity contribution in [2.24, 2.45) is 5.73 Å². The number of rotatable bonds is 8. The van der Waals surface area contributed by atoms with Crippen molar-refractivity contribution in [3.63, 3.8) is 0 Å². The molecule has 0 aliphatic carbocycles. The highest BCUT2D eigenvalue weighted by atomic mass is 32.2. The fraction of sp³-hybridized carbons (Fsp3) is 0.375. The number of halogens is 3. The number of amides is 3. The zero-order chi connectivity index (χ0) is 25.8. The first kappa shape index (κ1) is 26.6. The van der Waals surface area contributed by atoms with E-state index in [4.69, 9.17) is 5.73 Å². The number of hydrogen-bond acceptors (Lipinski definition) is 5. The minimum absolute atomic E-state index is 0.0854. The number of nitrogens with two attached hydrogens (primary N) is 1. The van der Waals surface area contributed by atoms with Gasteiger partial charge in [0.15, 0.2) is 0 Å². The average molecular weight is 510 g/mol. The first-order chi connectivity index (χ1) is 16.4. The number of hydrogen-bond donors (Lipinski definition) is 3. The van der Waals surface area contributed by atoms with Gasteiger partial charge in [0.1, 0.15) is 16.9 Å². The summed E-state index contributed by atoms with van der Waals surface area (Å²) in [4.78, 5) is 39.4. The molecule has 0 aromatic heterocycles. The van der Waals surface area contributed by atoms with Gasteiger partial charge in [0.25, 0.3) is 5.91 Å². The molecular formula is C24H26F3N3O4S. The molecular weight excluding hydrogens is 483 g/mol. The first-order valence-electron chi connectivity index (χ1n) is 10.8. The summed E-state index contributed by atoms with van der Waals surface area (Å²) >= 11 is 0.965. The second-order valence-electron chi connectivity index (χ2n) is 8.37. The SMILES string of the molecule is CC1(C(N)=O)SCN(C(=O)C(O)CCc2ccccc2)C1C(=O)NCc1ccccc1C(F)(F)F. The van der Waals surface area contributed by atoms with Gasteiger partial charge in [-0.05, 0) is 37.0 Å². The smallest absolute Gasteiger partial charge is 0.383 e. The molecule has 2 aromatic carbocycles. The van der Waals surface area contributed by atoms with E-state index in [1.807, 2.05) is 30.3 Å². The van der Waals surface area contributed by atoms with Crippen LogP contribution in [0.3, 0.4) is 0 Å². The molecule has 1 saturated heterocycles. The van der Waals surface area contributed by atoms with Crippen LogP contribution in [0.15, 0.2) is 54.6 Å². The number of aliphatic hydroxyl groups is 1. The molecule has 3 amide bonds. The summed E-state index contributed by atoms with van der Waals surface area (Å²) in [6.07, 6.45) is -5.55. The van der Waals surface area contributed by atoms with Crippen LogP contribution in [-0.4, -0.2) is 50.5 Å². The molecule has 1 heterocycles. The van der Waals surface area contributed by atoms with Crippen molar-refractivity contribution < 1.29 is 32.7 Å². The predicted octanol–water partition coefficient (Wildman–Crippen LogP) is 2.46. The van der Waals surface area contributed by atoms with Gasteiger partial charge in [0, 0.05) is 6.54 Å². The maximum Gasteiger partial charge on any atom is 0.416 e. The van der Waals surface area contributed by atoms with Crippen LogP contribution in [0.2, 0.25) is 0 Å². The van der Waals surface area contributed by atoms with Crippen LogP contribution in [0.25, 0.3) is 0 Å². The summed E-state index contributed by atoms with van der Waals surface area (Å²) in [6.45, 7) is 0.931. The third kappa shape index (κ3) is 5.96. The Morgan fingerprint density at radius 1 is 1.17 bits per heavy atom. The molecule has 7 nitrogen and oxygen atoms in total. The molecule has 3 rings (SSSR count). The van der Waals surface area contributed by atoms with Gasteiger partial charge in [0.05, 0.1) is 11.4 Å². The highest BCUT2D eigenvalue weighted by molar-refractivity contribution is 8.01. The summed E-state index contributed by atoms with van der Waals surface area (Å²) in [5, 5.41) is 12.9. The number of nitrogens with one attached hydrogen (secondary N) is 1. The fourth-order valence-corrected chi connectivity index (χ4v) is 5.15. The van der Waals surface area contributed by atoms with Gasteiger partial charge in [-0.3, -0.25) is 14.4 Å². The molecule has 35 heavy (non-hydrogen) atoms. The van der Waals surface area contributed by atoms with E-state index in [0.717, 1.165) is 28.3 Å². The van der Waals surface area contributed by atoms with Crippen LogP contribution in [0.1, 0.15) is 30.0 Å². The van der Waals surface area contributed by atoms with Crippen molar-refractivity contribution in [2.75, 3.05) is 5.88 Å². The van der Waals surface area contributed by atoms with E-state index in [1.54, 1.807) is 0 Å². The lowest BCUT2D eigenvalue weighted by molar-refractivity contribution is -0.147. The Morgan fingerprint density at radius 2 is 1.80 bits per heavy atom. The van der Waals surface area contributed by atoms with E-state index >= 15 is 0 Å². The number of nitrogens with zero attached hydrogens (tertiary/aromatic N) is 1. The Kier molecular flexibility index (Phi) is 8.11. The Balaban J connectivity index is 1.76. The van der Waals surface area contributed by atoms with Crippen LogP contribution in [0.5, 0.6) is 0 Å². The van der Waals surface area contributed by atoms with Crippen LogP contribution >= 0.6 is 11.8 Å². The summed E-state index contributed by atoms with van der Waals surface area (Å²) in [5.74, 6) is -2.53. The number of thioether (sulfide) groups is 1. The number of alkyl halides is 3. The van der Waals surface area contributed by atoms with Gasteiger partial charge >= 0.3 is 6.18 Å². The molecule has 188 valence electrons. The van der Waals surface area contributed by atoms with Gasteiger partial charge < -0.3 is 21.1 Å². The van der Waals surface area contributed by atoms with Crippen molar-refractivity contribution in [1.82, 2.24) is 10.2 Å². The molecule has 1 fully saturated rings. The molecule has 0 spiro atoms.